The van der Waals surface area contributed by atoms with E-state index in [1.807, 2.05) is 26.4 Å². The molecule has 9 heteroatoms. The van der Waals surface area contributed by atoms with Crippen LogP contribution in [0.5, 0.6) is 0 Å². The normalized spacial score (nSPS) is 17.1. The summed E-state index contributed by atoms with van der Waals surface area (Å²) >= 11 is 0. The Kier molecular flexibility index (Phi) is 7.78. The molecule has 2 aromatic rings. The lowest BCUT2D eigenvalue weighted by atomic mass is 10.1. The summed E-state index contributed by atoms with van der Waals surface area (Å²) in [4.78, 5) is 18.9. The Morgan fingerprint density at radius 1 is 1.40 bits per heavy atom. The molecule has 162 valence electrons. The Bertz CT molecular complexity index is 869. The van der Waals surface area contributed by atoms with E-state index in [-0.39, 0.29) is 24.2 Å². The average molecular weight is 417 g/mol. The van der Waals surface area contributed by atoms with Crippen molar-refractivity contribution in [2.24, 2.45) is 12.0 Å². The van der Waals surface area contributed by atoms with Crippen molar-refractivity contribution in [3.05, 3.63) is 53.6 Å². The molecule has 2 N–H and O–H groups in total. The molecule has 0 saturated carbocycles. The summed E-state index contributed by atoms with van der Waals surface area (Å²) < 4.78 is 20.9. The third-order valence-corrected chi connectivity index (χ3v) is 4.75. The molecule has 2 heterocycles. The summed E-state index contributed by atoms with van der Waals surface area (Å²) in [5.74, 6) is 0.313. The minimum atomic E-state index is -0.338. The molecule has 1 fully saturated rings. The summed E-state index contributed by atoms with van der Waals surface area (Å²) in [6.45, 7) is 5.67. The third-order valence-electron chi connectivity index (χ3n) is 4.75. The van der Waals surface area contributed by atoms with E-state index in [1.54, 1.807) is 16.8 Å². The number of aliphatic imine (C=N–C) groups is 1. The Morgan fingerprint density at radius 2 is 2.27 bits per heavy atom. The average Bonchev–Trinajstić information content (AvgIpc) is 3.17. The number of rotatable bonds is 7. The zero-order chi connectivity index (χ0) is 21.3. The molecule has 1 unspecified atom stereocenters. The van der Waals surface area contributed by atoms with Crippen LogP contribution in [0, 0.1) is 5.82 Å². The Hall–Kier alpha value is -2.94. The second kappa shape index (κ2) is 10.7. The molecular weight excluding hydrogens is 387 g/mol. The third kappa shape index (κ3) is 6.28. The van der Waals surface area contributed by atoms with Crippen molar-refractivity contribution in [3.63, 3.8) is 0 Å². The molecule has 30 heavy (non-hydrogen) atoms. The van der Waals surface area contributed by atoms with Gasteiger partial charge in [0.1, 0.15) is 11.9 Å². The summed E-state index contributed by atoms with van der Waals surface area (Å²) in [7, 11) is 1.89. The fraction of sp³-hybridized carbons (Fsp3) is 0.476. The predicted octanol–water partition coefficient (Wildman–Crippen LogP) is 1.26. The lowest BCUT2D eigenvalue weighted by Crippen LogP contribution is -2.48. The SMILES string of the molecule is CCNC(=NCCNC(=O)Cc1cccc(F)c1)N1CCOC(c2cnn(C)c2)C1. The molecule has 1 saturated heterocycles. The second-order valence-electron chi connectivity index (χ2n) is 7.15. The van der Waals surface area contributed by atoms with Gasteiger partial charge in [-0.25, -0.2) is 4.39 Å². The van der Waals surface area contributed by atoms with E-state index in [1.165, 1.54) is 12.1 Å². The smallest absolute Gasteiger partial charge is 0.224 e. The topological polar surface area (TPSA) is 83.8 Å². The number of benzene rings is 1. The van der Waals surface area contributed by atoms with Gasteiger partial charge in [0, 0.05) is 38.4 Å². The lowest BCUT2D eigenvalue weighted by Gasteiger charge is -2.34. The number of nitrogens with one attached hydrogen (secondary N) is 2. The van der Waals surface area contributed by atoms with Gasteiger partial charge in [0.25, 0.3) is 0 Å². The molecule has 1 aromatic carbocycles. The second-order valence-corrected chi connectivity index (χ2v) is 7.15. The summed E-state index contributed by atoms with van der Waals surface area (Å²) in [5, 5.41) is 10.4. The minimum Gasteiger partial charge on any atom is -0.370 e. The van der Waals surface area contributed by atoms with Crippen LogP contribution >= 0.6 is 0 Å². The van der Waals surface area contributed by atoms with E-state index in [0.717, 1.165) is 24.6 Å². The van der Waals surface area contributed by atoms with E-state index < -0.39 is 0 Å². The van der Waals surface area contributed by atoms with Gasteiger partial charge >= 0.3 is 0 Å². The summed E-state index contributed by atoms with van der Waals surface area (Å²) in [5.41, 5.74) is 1.70. The van der Waals surface area contributed by atoms with Crippen molar-refractivity contribution < 1.29 is 13.9 Å². The maximum Gasteiger partial charge on any atom is 0.224 e. The number of morpholine rings is 1. The monoisotopic (exact) mass is 416 g/mol. The van der Waals surface area contributed by atoms with Crippen LogP contribution in [0.3, 0.4) is 0 Å². The first-order chi connectivity index (χ1) is 14.5. The van der Waals surface area contributed by atoms with Crippen LogP contribution in [0.2, 0.25) is 0 Å². The Morgan fingerprint density at radius 3 is 3.00 bits per heavy atom. The highest BCUT2D eigenvalue weighted by Crippen LogP contribution is 2.21. The molecular formula is C21H29FN6O2. The molecule has 1 aromatic heterocycles. The van der Waals surface area contributed by atoms with Gasteiger partial charge in [-0.05, 0) is 24.6 Å². The number of ether oxygens (including phenoxy) is 1. The van der Waals surface area contributed by atoms with E-state index in [4.69, 9.17) is 4.74 Å². The van der Waals surface area contributed by atoms with Gasteiger partial charge in [0.2, 0.25) is 5.91 Å². The van der Waals surface area contributed by atoms with Crippen molar-refractivity contribution in [3.8, 4) is 0 Å². The fourth-order valence-corrected chi connectivity index (χ4v) is 3.33. The summed E-state index contributed by atoms with van der Waals surface area (Å²) in [6.07, 6.45) is 3.89. The molecule has 0 radical (unpaired) electrons. The number of hydrogen-bond acceptors (Lipinski definition) is 4. The first-order valence-electron chi connectivity index (χ1n) is 10.2. The van der Waals surface area contributed by atoms with Crippen molar-refractivity contribution >= 4 is 11.9 Å². The largest absolute Gasteiger partial charge is 0.370 e. The fourth-order valence-electron chi connectivity index (χ4n) is 3.33. The number of guanidine groups is 1. The first kappa shape index (κ1) is 21.8. The number of carbonyl (C=O) groups excluding carboxylic acids is 1. The molecule has 0 bridgehead atoms. The zero-order valence-electron chi connectivity index (χ0n) is 17.5. The van der Waals surface area contributed by atoms with Crippen LogP contribution in [0.25, 0.3) is 0 Å². The molecule has 1 amide bonds. The molecule has 3 rings (SSSR count). The first-order valence-corrected chi connectivity index (χ1v) is 10.2. The van der Waals surface area contributed by atoms with E-state index >= 15 is 0 Å². The molecule has 1 atom stereocenters. The van der Waals surface area contributed by atoms with Gasteiger partial charge in [-0.15, -0.1) is 0 Å². The van der Waals surface area contributed by atoms with Gasteiger partial charge in [-0.3, -0.25) is 14.5 Å². The van der Waals surface area contributed by atoms with E-state index in [0.29, 0.717) is 31.8 Å². The van der Waals surface area contributed by atoms with Crippen LogP contribution < -0.4 is 10.6 Å². The van der Waals surface area contributed by atoms with Crippen LogP contribution in [0.1, 0.15) is 24.2 Å². The number of hydrogen-bond donors (Lipinski definition) is 2. The van der Waals surface area contributed by atoms with Crippen LogP contribution in [0.15, 0.2) is 41.7 Å². The van der Waals surface area contributed by atoms with Gasteiger partial charge in [-0.2, -0.15) is 5.10 Å². The van der Waals surface area contributed by atoms with Gasteiger partial charge in [-0.1, -0.05) is 12.1 Å². The van der Waals surface area contributed by atoms with E-state index in [9.17, 15) is 9.18 Å². The van der Waals surface area contributed by atoms with Crippen molar-refractivity contribution in [2.75, 3.05) is 39.3 Å². The van der Waals surface area contributed by atoms with Crippen molar-refractivity contribution in [1.29, 1.82) is 0 Å². The number of aromatic nitrogens is 2. The highest BCUT2D eigenvalue weighted by molar-refractivity contribution is 5.80. The van der Waals surface area contributed by atoms with Crippen LogP contribution in [-0.4, -0.2) is 65.9 Å². The van der Waals surface area contributed by atoms with Crippen molar-refractivity contribution in [1.82, 2.24) is 25.3 Å². The maximum absolute atomic E-state index is 13.2. The van der Waals surface area contributed by atoms with Gasteiger partial charge < -0.3 is 20.3 Å². The zero-order valence-corrected chi connectivity index (χ0v) is 17.5. The summed E-state index contributed by atoms with van der Waals surface area (Å²) in [6, 6.07) is 6.08. The molecule has 0 aliphatic carbocycles. The van der Waals surface area contributed by atoms with Crippen molar-refractivity contribution in [2.45, 2.75) is 19.4 Å². The van der Waals surface area contributed by atoms with E-state index in [2.05, 4.69) is 25.6 Å². The standard InChI is InChI=1S/C21H29FN6O2/c1-3-23-21(28-9-10-30-19(15-28)17-13-26-27(2)14-17)25-8-7-24-20(29)12-16-5-4-6-18(22)11-16/h4-6,11,13-14,19H,3,7-10,12,15H2,1-2H3,(H,23,25)(H,24,29). The molecule has 8 nitrogen and oxygen atoms in total. The predicted molar refractivity (Wildman–Crippen MR) is 113 cm³/mol. The lowest BCUT2D eigenvalue weighted by molar-refractivity contribution is -0.120. The Labute approximate surface area is 176 Å². The number of amides is 1. The van der Waals surface area contributed by atoms with Crippen LogP contribution in [0.4, 0.5) is 4.39 Å². The number of aryl methyl sites for hydroxylation is 1. The van der Waals surface area contributed by atoms with Gasteiger partial charge in [0.05, 0.1) is 32.3 Å². The molecule has 1 aliphatic heterocycles. The molecule has 0 spiro atoms. The highest BCUT2D eigenvalue weighted by atomic mass is 19.1. The minimum absolute atomic E-state index is 0.0534. The quantitative estimate of drug-likeness (QED) is 0.403. The maximum atomic E-state index is 13.2. The molecule has 1 aliphatic rings. The number of nitrogens with zero attached hydrogens (tertiary/aromatic N) is 4. The van der Waals surface area contributed by atoms with Crippen LogP contribution in [-0.2, 0) is 23.0 Å². The highest BCUT2D eigenvalue weighted by Gasteiger charge is 2.25. The number of halogens is 1. The Balaban J connectivity index is 1.50. The number of carbonyl (C=O) groups is 1. The van der Waals surface area contributed by atoms with Gasteiger partial charge in [0.15, 0.2) is 5.96 Å².